The number of aromatic nitrogens is 1. The molecule has 1 aliphatic heterocycles. The lowest BCUT2D eigenvalue weighted by molar-refractivity contribution is -0.132. The molecule has 1 atom stereocenters. The van der Waals surface area contributed by atoms with Crippen LogP contribution in [0.3, 0.4) is 0 Å². The molecule has 0 unspecified atom stereocenters. The van der Waals surface area contributed by atoms with Gasteiger partial charge in [-0.1, -0.05) is 58.8 Å². The molecular formula is C26H19ClN2O3S. The first kappa shape index (κ1) is 21.4. The van der Waals surface area contributed by atoms with Gasteiger partial charge in [0.25, 0.3) is 5.78 Å². The van der Waals surface area contributed by atoms with Crippen LogP contribution >= 0.6 is 22.9 Å². The highest BCUT2D eigenvalue weighted by Crippen LogP contribution is 2.44. The minimum atomic E-state index is -0.803. The number of halogens is 1. The number of amides is 1. The number of carbonyl (C=O) groups excluding carboxylic acids is 2. The molecule has 0 spiro atoms. The number of rotatable bonds is 3. The van der Waals surface area contributed by atoms with E-state index in [0.717, 1.165) is 21.3 Å². The van der Waals surface area contributed by atoms with Crippen LogP contribution in [0.1, 0.15) is 28.3 Å². The third-order valence-electron chi connectivity index (χ3n) is 5.69. The van der Waals surface area contributed by atoms with Gasteiger partial charge in [0.2, 0.25) is 0 Å². The highest BCUT2D eigenvalue weighted by molar-refractivity contribution is 7.22. The van der Waals surface area contributed by atoms with Crippen molar-refractivity contribution in [3.8, 4) is 0 Å². The number of ketones is 1. The van der Waals surface area contributed by atoms with Crippen molar-refractivity contribution >= 4 is 55.7 Å². The van der Waals surface area contributed by atoms with Crippen molar-refractivity contribution < 1.29 is 14.7 Å². The number of hydrogen-bond acceptors (Lipinski definition) is 5. The minimum absolute atomic E-state index is 0.0293. The number of hydrogen-bond donors (Lipinski definition) is 1. The Morgan fingerprint density at radius 2 is 1.64 bits per heavy atom. The van der Waals surface area contributed by atoms with Crippen molar-refractivity contribution in [1.29, 1.82) is 0 Å². The number of thiazole rings is 1. The van der Waals surface area contributed by atoms with Gasteiger partial charge >= 0.3 is 5.91 Å². The van der Waals surface area contributed by atoms with Crippen LogP contribution in [0.25, 0.3) is 16.0 Å². The SMILES string of the molecule is Cc1ccc([C@H]2/C(=C(\O)c3ccc(Cl)cc3)C(=O)C(=O)N2c2nc3ccc(C)cc3s2)cc1. The molecule has 7 heteroatoms. The molecule has 2 heterocycles. The number of Topliss-reactive ketones (excluding diaryl/α,β-unsaturated/α-hetero) is 1. The van der Waals surface area contributed by atoms with Gasteiger partial charge in [0, 0.05) is 10.6 Å². The zero-order valence-corrected chi connectivity index (χ0v) is 19.4. The average molecular weight is 475 g/mol. The van der Waals surface area contributed by atoms with Gasteiger partial charge in [-0.05, 0) is 61.4 Å². The Morgan fingerprint density at radius 1 is 0.970 bits per heavy atom. The van der Waals surface area contributed by atoms with Gasteiger partial charge in [-0.2, -0.15) is 0 Å². The van der Waals surface area contributed by atoms with Gasteiger partial charge in [-0.25, -0.2) is 4.98 Å². The first-order valence-corrected chi connectivity index (χ1v) is 11.5. The summed E-state index contributed by atoms with van der Waals surface area (Å²) >= 11 is 7.33. The molecule has 1 saturated heterocycles. The topological polar surface area (TPSA) is 70.5 Å². The molecular weight excluding hydrogens is 456 g/mol. The van der Waals surface area contributed by atoms with Crippen LogP contribution in [0, 0.1) is 13.8 Å². The zero-order chi connectivity index (χ0) is 23.3. The van der Waals surface area contributed by atoms with Crippen molar-refractivity contribution in [2.24, 2.45) is 0 Å². The second kappa shape index (κ2) is 8.14. The number of nitrogens with zero attached hydrogens (tertiary/aromatic N) is 2. The van der Waals surface area contributed by atoms with Gasteiger partial charge in [-0.3, -0.25) is 14.5 Å². The fourth-order valence-electron chi connectivity index (χ4n) is 3.98. The van der Waals surface area contributed by atoms with Gasteiger partial charge in [0.05, 0.1) is 21.8 Å². The van der Waals surface area contributed by atoms with E-state index in [4.69, 9.17) is 11.6 Å². The summed E-state index contributed by atoms with van der Waals surface area (Å²) in [6.07, 6.45) is 0. The van der Waals surface area contributed by atoms with Gasteiger partial charge in [0.15, 0.2) is 5.13 Å². The summed E-state index contributed by atoms with van der Waals surface area (Å²) in [6.45, 7) is 3.95. The molecule has 1 N–H and O–H groups in total. The Morgan fingerprint density at radius 3 is 2.33 bits per heavy atom. The van der Waals surface area contributed by atoms with Crippen LogP contribution in [0.15, 0.2) is 72.3 Å². The van der Waals surface area contributed by atoms with E-state index < -0.39 is 17.7 Å². The Labute approximate surface area is 199 Å². The highest BCUT2D eigenvalue weighted by Gasteiger charge is 2.48. The molecule has 1 amide bonds. The smallest absolute Gasteiger partial charge is 0.301 e. The lowest BCUT2D eigenvalue weighted by atomic mass is 9.95. The van der Waals surface area contributed by atoms with E-state index in [1.165, 1.54) is 16.2 Å². The third kappa shape index (κ3) is 3.71. The highest BCUT2D eigenvalue weighted by atomic mass is 35.5. The molecule has 4 aromatic rings. The second-order valence-corrected chi connectivity index (χ2v) is 9.50. The van der Waals surface area contributed by atoms with Crippen LogP contribution in [0.4, 0.5) is 5.13 Å². The summed E-state index contributed by atoms with van der Waals surface area (Å²) in [4.78, 5) is 32.5. The summed E-state index contributed by atoms with van der Waals surface area (Å²) in [5.74, 6) is -1.70. The predicted molar refractivity (Wildman–Crippen MR) is 132 cm³/mol. The fraction of sp³-hybridized carbons (Fsp3) is 0.115. The summed E-state index contributed by atoms with van der Waals surface area (Å²) in [5, 5.41) is 12.1. The summed E-state index contributed by atoms with van der Waals surface area (Å²) in [5.41, 5.74) is 4.03. The average Bonchev–Trinajstić information content (AvgIpc) is 3.32. The van der Waals surface area contributed by atoms with Gasteiger partial charge in [-0.15, -0.1) is 0 Å². The van der Waals surface area contributed by atoms with E-state index in [2.05, 4.69) is 4.98 Å². The molecule has 1 aliphatic rings. The van der Waals surface area contributed by atoms with E-state index in [0.29, 0.717) is 21.3 Å². The van der Waals surface area contributed by atoms with Crippen LogP contribution in [-0.2, 0) is 9.59 Å². The fourth-order valence-corrected chi connectivity index (χ4v) is 5.20. The van der Waals surface area contributed by atoms with Crippen molar-refractivity contribution in [1.82, 2.24) is 4.98 Å². The lowest BCUT2D eigenvalue weighted by Gasteiger charge is -2.23. The summed E-state index contributed by atoms with van der Waals surface area (Å²) < 4.78 is 0.923. The quantitative estimate of drug-likeness (QED) is 0.218. The van der Waals surface area contributed by atoms with E-state index >= 15 is 0 Å². The Bertz CT molecular complexity index is 1440. The molecule has 1 aromatic heterocycles. The van der Waals surface area contributed by atoms with E-state index in [1.807, 2.05) is 56.3 Å². The molecule has 5 nitrogen and oxygen atoms in total. The molecule has 3 aromatic carbocycles. The van der Waals surface area contributed by atoms with Crippen LogP contribution < -0.4 is 4.90 Å². The molecule has 5 rings (SSSR count). The van der Waals surface area contributed by atoms with Gasteiger partial charge < -0.3 is 5.11 Å². The Balaban J connectivity index is 1.73. The standard InChI is InChI=1S/C26H19ClN2O3S/c1-14-3-6-16(7-4-14)22-21(23(30)17-8-10-18(27)11-9-17)24(31)25(32)29(22)26-28-19-12-5-15(2)13-20(19)33-26/h3-13,22,30H,1-2H3/b23-21+/t22-/m0/s1. The predicted octanol–water partition coefficient (Wildman–Crippen LogP) is 6.19. The summed E-state index contributed by atoms with van der Waals surface area (Å²) in [7, 11) is 0. The number of aliphatic hydroxyl groups is 1. The maximum Gasteiger partial charge on any atom is 0.301 e. The molecule has 164 valence electrons. The maximum absolute atomic E-state index is 13.3. The summed E-state index contributed by atoms with van der Waals surface area (Å²) in [6, 6.07) is 19.1. The Kier molecular flexibility index (Phi) is 5.27. The van der Waals surface area contributed by atoms with E-state index in [-0.39, 0.29) is 11.3 Å². The molecule has 0 bridgehead atoms. The van der Waals surface area contributed by atoms with Crippen molar-refractivity contribution in [3.63, 3.8) is 0 Å². The first-order valence-electron chi connectivity index (χ1n) is 10.3. The number of aliphatic hydroxyl groups excluding tert-OH is 1. The molecule has 1 fully saturated rings. The second-order valence-electron chi connectivity index (χ2n) is 8.05. The lowest BCUT2D eigenvalue weighted by Crippen LogP contribution is -2.29. The van der Waals surface area contributed by atoms with E-state index in [1.54, 1.807) is 24.3 Å². The zero-order valence-electron chi connectivity index (χ0n) is 17.9. The number of carbonyl (C=O) groups is 2. The molecule has 0 aliphatic carbocycles. The normalized spacial score (nSPS) is 17.8. The molecule has 33 heavy (non-hydrogen) atoms. The third-order valence-corrected chi connectivity index (χ3v) is 6.96. The largest absolute Gasteiger partial charge is 0.507 e. The van der Waals surface area contributed by atoms with Crippen LogP contribution in [0.2, 0.25) is 5.02 Å². The molecule has 0 radical (unpaired) electrons. The number of anilines is 1. The monoisotopic (exact) mass is 474 g/mol. The van der Waals surface area contributed by atoms with Crippen molar-refractivity contribution in [2.75, 3.05) is 4.90 Å². The van der Waals surface area contributed by atoms with Crippen LogP contribution in [0.5, 0.6) is 0 Å². The van der Waals surface area contributed by atoms with E-state index in [9.17, 15) is 14.7 Å². The Hall–Kier alpha value is -3.48. The number of benzene rings is 3. The molecule has 0 saturated carbocycles. The maximum atomic E-state index is 13.3. The van der Waals surface area contributed by atoms with Gasteiger partial charge in [0.1, 0.15) is 5.76 Å². The first-order chi connectivity index (χ1) is 15.8. The van der Waals surface area contributed by atoms with Crippen molar-refractivity contribution in [3.05, 3.63) is 99.6 Å². The van der Waals surface area contributed by atoms with Crippen LogP contribution in [-0.4, -0.2) is 21.8 Å². The number of fused-ring (bicyclic) bond motifs is 1. The minimum Gasteiger partial charge on any atom is -0.507 e. The number of aryl methyl sites for hydroxylation is 2. The van der Waals surface area contributed by atoms with Crippen molar-refractivity contribution in [2.45, 2.75) is 19.9 Å².